The Hall–Kier alpha value is -4.50. The van der Waals surface area contributed by atoms with Crippen molar-refractivity contribution in [2.24, 2.45) is 0 Å². The lowest BCUT2D eigenvalue weighted by Gasteiger charge is -2.24. The minimum absolute atomic E-state index is 0.0743. The summed E-state index contributed by atoms with van der Waals surface area (Å²) in [6.07, 6.45) is 2.79. The Bertz CT molecular complexity index is 1440. The highest BCUT2D eigenvalue weighted by molar-refractivity contribution is 5.98. The molecule has 43 heavy (non-hydrogen) atoms. The van der Waals surface area contributed by atoms with Gasteiger partial charge in [-0.25, -0.2) is 0 Å². The number of aliphatic hydroxyl groups excluding tert-OH is 1. The number of rotatable bonds is 9. The smallest absolute Gasteiger partial charge is 0.247 e. The molecule has 0 bridgehead atoms. The molecule has 0 radical (unpaired) electrons. The Kier molecular flexibility index (Phi) is 9.51. The maximum absolute atomic E-state index is 13.1. The van der Waals surface area contributed by atoms with Crippen LogP contribution in [0.15, 0.2) is 78.9 Å². The zero-order chi connectivity index (χ0) is 30.3. The first kappa shape index (κ1) is 30.0. The number of nitrogens with zero attached hydrogens (tertiary/aromatic N) is 2. The van der Waals surface area contributed by atoms with Crippen LogP contribution in [0.2, 0.25) is 0 Å². The summed E-state index contributed by atoms with van der Waals surface area (Å²) < 4.78 is 0. The lowest BCUT2D eigenvalue weighted by Crippen LogP contribution is -2.43. The molecule has 2 aliphatic heterocycles. The van der Waals surface area contributed by atoms with Gasteiger partial charge in [-0.3, -0.25) is 19.2 Å². The van der Waals surface area contributed by atoms with E-state index >= 15 is 0 Å². The number of benzene rings is 3. The Labute approximate surface area is 251 Å². The van der Waals surface area contributed by atoms with E-state index in [2.05, 4.69) is 10.6 Å². The Balaban J connectivity index is 1.10. The van der Waals surface area contributed by atoms with E-state index in [1.165, 1.54) is 11.8 Å². The molecule has 9 nitrogen and oxygen atoms in total. The summed E-state index contributed by atoms with van der Waals surface area (Å²) in [5.41, 5.74) is 4.45. The molecule has 0 aliphatic carbocycles. The second kappa shape index (κ2) is 13.6. The molecule has 224 valence electrons. The Morgan fingerprint density at radius 3 is 1.86 bits per heavy atom. The first-order valence-electron chi connectivity index (χ1n) is 14.8. The molecule has 0 spiro atoms. The van der Waals surface area contributed by atoms with Gasteiger partial charge >= 0.3 is 0 Å². The number of hydrogen-bond donors (Lipinski definition) is 3. The second-order valence-corrected chi connectivity index (χ2v) is 11.4. The summed E-state index contributed by atoms with van der Waals surface area (Å²) in [7, 11) is 0. The average molecular weight is 583 g/mol. The summed E-state index contributed by atoms with van der Waals surface area (Å²) in [4.78, 5) is 53.5. The second-order valence-electron chi connectivity index (χ2n) is 11.4. The van der Waals surface area contributed by atoms with E-state index in [-0.39, 0.29) is 43.0 Å². The highest BCUT2D eigenvalue weighted by Crippen LogP contribution is 2.23. The number of nitrogens with one attached hydrogen (secondary N) is 2. The highest BCUT2D eigenvalue weighted by Gasteiger charge is 2.38. The average Bonchev–Trinajstić information content (AvgIpc) is 3.66. The van der Waals surface area contributed by atoms with Crippen LogP contribution in [0.25, 0.3) is 0 Å². The Morgan fingerprint density at radius 1 is 0.744 bits per heavy atom. The van der Waals surface area contributed by atoms with E-state index in [0.29, 0.717) is 24.3 Å². The van der Waals surface area contributed by atoms with Gasteiger partial charge in [-0.05, 0) is 66.6 Å². The SMILES string of the molecule is CC(=O)N1CCC[C@H]1C(=O)Nc1ccc(CCc2ccc(NC(=O)[C@@H]3C[C@@H](O)CN3C(=O)Cc3ccccc3)cc2)cc1. The monoisotopic (exact) mass is 582 g/mol. The lowest BCUT2D eigenvalue weighted by molar-refractivity contribution is -0.136. The summed E-state index contributed by atoms with van der Waals surface area (Å²) in [6.45, 7) is 2.27. The molecule has 4 amide bonds. The van der Waals surface area contributed by atoms with E-state index in [1.54, 1.807) is 4.90 Å². The third-order valence-electron chi connectivity index (χ3n) is 8.21. The minimum atomic E-state index is -0.729. The number of aliphatic hydroxyl groups is 1. The molecule has 2 aliphatic rings. The minimum Gasteiger partial charge on any atom is -0.391 e. The topological polar surface area (TPSA) is 119 Å². The quantitative estimate of drug-likeness (QED) is 0.357. The van der Waals surface area contributed by atoms with Gasteiger partial charge in [0.1, 0.15) is 12.1 Å². The van der Waals surface area contributed by atoms with E-state index in [4.69, 9.17) is 0 Å². The van der Waals surface area contributed by atoms with Crippen molar-refractivity contribution in [3.05, 3.63) is 95.6 Å². The van der Waals surface area contributed by atoms with Crippen LogP contribution in [-0.4, -0.2) is 69.8 Å². The molecule has 2 fully saturated rings. The normalized spacial score (nSPS) is 19.7. The predicted molar refractivity (Wildman–Crippen MR) is 164 cm³/mol. The molecule has 3 N–H and O–H groups in total. The molecular formula is C34H38N4O5. The van der Waals surface area contributed by atoms with E-state index < -0.39 is 18.2 Å². The van der Waals surface area contributed by atoms with Gasteiger partial charge in [0.15, 0.2) is 0 Å². The van der Waals surface area contributed by atoms with Gasteiger partial charge in [0.25, 0.3) is 0 Å². The van der Waals surface area contributed by atoms with Crippen molar-refractivity contribution in [2.75, 3.05) is 23.7 Å². The number of β-amino-alcohol motifs (C(OH)–C–C–N with tert-alkyl or cyclic N) is 1. The lowest BCUT2D eigenvalue weighted by atomic mass is 10.0. The number of likely N-dealkylation sites (tertiary alicyclic amines) is 2. The van der Waals surface area contributed by atoms with Crippen LogP contribution in [-0.2, 0) is 38.4 Å². The van der Waals surface area contributed by atoms with Crippen molar-refractivity contribution >= 4 is 35.0 Å². The summed E-state index contributed by atoms with van der Waals surface area (Å²) in [5, 5.41) is 16.0. The third-order valence-corrected chi connectivity index (χ3v) is 8.21. The van der Waals surface area contributed by atoms with Gasteiger partial charge in [-0.15, -0.1) is 0 Å². The van der Waals surface area contributed by atoms with Crippen molar-refractivity contribution in [1.29, 1.82) is 0 Å². The maximum Gasteiger partial charge on any atom is 0.247 e. The number of amides is 4. The fourth-order valence-corrected chi connectivity index (χ4v) is 5.88. The zero-order valence-corrected chi connectivity index (χ0v) is 24.4. The van der Waals surface area contributed by atoms with Crippen molar-refractivity contribution in [1.82, 2.24) is 9.80 Å². The van der Waals surface area contributed by atoms with Gasteiger partial charge in [0.05, 0.1) is 12.5 Å². The van der Waals surface area contributed by atoms with Gasteiger partial charge in [-0.2, -0.15) is 0 Å². The van der Waals surface area contributed by atoms with Gasteiger partial charge in [0.2, 0.25) is 23.6 Å². The highest BCUT2D eigenvalue weighted by atomic mass is 16.3. The number of carbonyl (C=O) groups is 4. The van der Waals surface area contributed by atoms with E-state index in [1.807, 2.05) is 78.9 Å². The van der Waals surface area contributed by atoms with Gasteiger partial charge in [0, 0.05) is 37.8 Å². The van der Waals surface area contributed by atoms with Crippen LogP contribution in [0, 0.1) is 0 Å². The van der Waals surface area contributed by atoms with Crippen molar-refractivity contribution in [3.63, 3.8) is 0 Å². The Morgan fingerprint density at radius 2 is 1.30 bits per heavy atom. The summed E-state index contributed by atoms with van der Waals surface area (Å²) in [6, 6.07) is 23.6. The van der Waals surface area contributed by atoms with Crippen molar-refractivity contribution < 1.29 is 24.3 Å². The molecule has 5 rings (SSSR count). The van der Waals surface area contributed by atoms with Crippen LogP contribution in [0.5, 0.6) is 0 Å². The van der Waals surface area contributed by atoms with Gasteiger partial charge < -0.3 is 25.5 Å². The summed E-state index contributed by atoms with van der Waals surface area (Å²) >= 11 is 0. The largest absolute Gasteiger partial charge is 0.391 e. The van der Waals surface area contributed by atoms with Crippen LogP contribution < -0.4 is 10.6 Å². The maximum atomic E-state index is 13.1. The fourth-order valence-electron chi connectivity index (χ4n) is 5.88. The molecule has 0 unspecified atom stereocenters. The molecule has 2 heterocycles. The van der Waals surface area contributed by atoms with Crippen molar-refractivity contribution in [3.8, 4) is 0 Å². The molecule has 3 aromatic carbocycles. The van der Waals surface area contributed by atoms with E-state index in [9.17, 15) is 24.3 Å². The molecule has 2 saturated heterocycles. The fraction of sp³-hybridized carbons (Fsp3) is 0.353. The van der Waals surface area contributed by atoms with E-state index in [0.717, 1.165) is 36.0 Å². The zero-order valence-electron chi connectivity index (χ0n) is 24.4. The first-order valence-corrected chi connectivity index (χ1v) is 14.8. The number of aryl methyl sites for hydroxylation is 2. The van der Waals surface area contributed by atoms with Crippen LogP contribution >= 0.6 is 0 Å². The number of hydrogen-bond acceptors (Lipinski definition) is 5. The van der Waals surface area contributed by atoms with Crippen LogP contribution in [0.4, 0.5) is 11.4 Å². The molecule has 0 saturated carbocycles. The number of anilines is 2. The standard InChI is InChI=1S/C34H38N4O5/c1-23(39)37-19-5-8-30(37)33(42)35-27-15-11-24(12-16-27)9-10-25-13-17-28(18-14-25)36-34(43)31-21-29(40)22-38(31)32(41)20-26-6-3-2-4-7-26/h2-4,6-7,11-18,29-31,40H,5,8-10,19-22H2,1H3,(H,35,42)(H,36,43)/t29-,30+,31+/m1/s1. The van der Waals surface area contributed by atoms with Crippen molar-refractivity contribution in [2.45, 2.75) is 63.6 Å². The molecular weight excluding hydrogens is 544 g/mol. The first-order chi connectivity index (χ1) is 20.8. The molecule has 3 atom stereocenters. The molecule has 0 aromatic heterocycles. The number of carbonyl (C=O) groups excluding carboxylic acids is 4. The third kappa shape index (κ3) is 7.67. The van der Waals surface area contributed by atoms with Gasteiger partial charge in [-0.1, -0.05) is 54.6 Å². The van der Waals surface area contributed by atoms with Crippen LogP contribution in [0.3, 0.4) is 0 Å². The molecule has 9 heteroatoms. The van der Waals surface area contributed by atoms with Crippen LogP contribution in [0.1, 0.15) is 42.9 Å². The molecule has 3 aromatic rings. The summed E-state index contributed by atoms with van der Waals surface area (Å²) in [5.74, 6) is -0.708. The predicted octanol–water partition coefficient (Wildman–Crippen LogP) is 3.56.